The SMILES string of the molecule is CC(C)n1cc(NCc2ccc(S(N)(=O)=O)o2)cn1. The van der Waals surface area contributed by atoms with E-state index in [1.165, 1.54) is 6.07 Å². The Morgan fingerprint density at radius 2 is 2.21 bits per heavy atom. The van der Waals surface area contributed by atoms with E-state index >= 15 is 0 Å². The number of nitrogens with two attached hydrogens (primary N) is 1. The number of aromatic nitrogens is 2. The van der Waals surface area contributed by atoms with Crippen LogP contribution in [0.4, 0.5) is 5.69 Å². The predicted octanol–water partition coefficient (Wildman–Crippen LogP) is 1.32. The molecule has 0 saturated heterocycles. The molecule has 0 spiro atoms. The van der Waals surface area contributed by atoms with Gasteiger partial charge in [-0.2, -0.15) is 5.10 Å². The molecule has 104 valence electrons. The monoisotopic (exact) mass is 284 g/mol. The van der Waals surface area contributed by atoms with E-state index in [4.69, 9.17) is 9.56 Å². The maximum Gasteiger partial charge on any atom is 0.271 e. The minimum absolute atomic E-state index is 0.234. The van der Waals surface area contributed by atoms with Gasteiger partial charge in [0.1, 0.15) is 5.76 Å². The second-order valence-corrected chi connectivity index (χ2v) is 5.91. The summed E-state index contributed by atoms with van der Waals surface area (Å²) in [5, 5.41) is 12.0. The highest BCUT2D eigenvalue weighted by molar-refractivity contribution is 7.89. The number of nitrogens with one attached hydrogen (secondary N) is 1. The van der Waals surface area contributed by atoms with E-state index in [9.17, 15) is 8.42 Å². The molecular formula is C11H16N4O3S. The predicted molar refractivity (Wildman–Crippen MR) is 70.0 cm³/mol. The molecule has 0 aromatic carbocycles. The standard InChI is InChI=1S/C11H16N4O3S/c1-8(2)15-7-9(5-14-15)13-6-10-3-4-11(18-10)19(12,16)17/h3-5,7-8,13H,6H2,1-2H3,(H2,12,16,17). The van der Waals surface area contributed by atoms with Crippen LogP contribution in [-0.2, 0) is 16.6 Å². The Bertz CT molecular complexity index is 657. The average Bonchev–Trinajstić information content (AvgIpc) is 2.95. The average molecular weight is 284 g/mol. The molecule has 0 atom stereocenters. The number of furan rings is 1. The number of sulfonamides is 1. The summed E-state index contributed by atoms with van der Waals surface area (Å²) < 4.78 is 29.0. The van der Waals surface area contributed by atoms with Gasteiger partial charge in [-0.15, -0.1) is 0 Å². The van der Waals surface area contributed by atoms with Gasteiger partial charge in [0.2, 0.25) is 5.09 Å². The van der Waals surface area contributed by atoms with E-state index in [-0.39, 0.29) is 11.1 Å². The van der Waals surface area contributed by atoms with Crippen molar-refractivity contribution < 1.29 is 12.8 Å². The van der Waals surface area contributed by atoms with E-state index in [0.29, 0.717) is 12.3 Å². The Kier molecular flexibility index (Phi) is 3.63. The van der Waals surface area contributed by atoms with Gasteiger partial charge in [-0.25, -0.2) is 13.6 Å². The molecule has 0 fully saturated rings. The van der Waals surface area contributed by atoms with Crippen LogP contribution in [0, 0.1) is 0 Å². The number of primary sulfonamides is 1. The van der Waals surface area contributed by atoms with E-state index < -0.39 is 10.0 Å². The van der Waals surface area contributed by atoms with Crippen molar-refractivity contribution in [2.45, 2.75) is 31.5 Å². The fourth-order valence-corrected chi connectivity index (χ4v) is 1.99. The second kappa shape index (κ2) is 5.06. The number of anilines is 1. The molecule has 2 rings (SSSR count). The Morgan fingerprint density at radius 3 is 2.74 bits per heavy atom. The molecule has 0 unspecified atom stereocenters. The topological polar surface area (TPSA) is 103 Å². The highest BCUT2D eigenvalue weighted by Gasteiger charge is 2.13. The molecule has 0 aliphatic rings. The fraction of sp³-hybridized carbons (Fsp3) is 0.364. The van der Waals surface area contributed by atoms with Gasteiger partial charge in [0.25, 0.3) is 10.0 Å². The van der Waals surface area contributed by atoms with Crippen molar-refractivity contribution in [1.29, 1.82) is 0 Å². The van der Waals surface area contributed by atoms with Gasteiger partial charge < -0.3 is 9.73 Å². The first-order chi connectivity index (χ1) is 8.86. The van der Waals surface area contributed by atoms with Crippen LogP contribution in [0.1, 0.15) is 25.6 Å². The van der Waals surface area contributed by atoms with Gasteiger partial charge in [0.15, 0.2) is 0 Å². The van der Waals surface area contributed by atoms with Crippen molar-refractivity contribution in [3.05, 3.63) is 30.3 Å². The Hall–Kier alpha value is -1.80. The lowest BCUT2D eigenvalue weighted by molar-refractivity contribution is 0.419. The van der Waals surface area contributed by atoms with E-state index in [2.05, 4.69) is 10.4 Å². The lowest BCUT2D eigenvalue weighted by Crippen LogP contribution is -2.10. The third kappa shape index (κ3) is 3.36. The zero-order valence-electron chi connectivity index (χ0n) is 10.7. The van der Waals surface area contributed by atoms with Crippen molar-refractivity contribution in [1.82, 2.24) is 9.78 Å². The van der Waals surface area contributed by atoms with Gasteiger partial charge >= 0.3 is 0 Å². The van der Waals surface area contributed by atoms with Gasteiger partial charge in [-0.1, -0.05) is 0 Å². The zero-order chi connectivity index (χ0) is 14.0. The van der Waals surface area contributed by atoms with Crippen LogP contribution < -0.4 is 10.5 Å². The molecule has 8 heteroatoms. The quantitative estimate of drug-likeness (QED) is 0.861. The second-order valence-electron chi connectivity index (χ2n) is 4.42. The molecule has 0 radical (unpaired) electrons. The Labute approximate surface area is 111 Å². The molecule has 19 heavy (non-hydrogen) atoms. The highest BCUT2D eigenvalue weighted by Crippen LogP contribution is 2.15. The lowest BCUT2D eigenvalue weighted by Gasteiger charge is -2.03. The van der Waals surface area contributed by atoms with Crippen molar-refractivity contribution >= 4 is 15.7 Å². The van der Waals surface area contributed by atoms with Crippen LogP contribution >= 0.6 is 0 Å². The largest absolute Gasteiger partial charge is 0.446 e. The fourth-order valence-electron chi connectivity index (χ4n) is 1.51. The molecule has 2 aromatic heterocycles. The van der Waals surface area contributed by atoms with Crippen LogP contribution in [-0.4, -0.2) is 18.2 Å². The summed E-state index contributed by atoms with van der Waals surface area (Å²) >= 11 is 0. The van der Waals surface area contributed by atoms with Crippen molar-refractivity contribution in [3.63, 3.8) is 0 Å². The van der Waals surface area contributed by atoms with E-state index in [1.54, 1.807) is 12.3 Å². The molecule has 7 nitrogen and oxygen atoms in total. The number of hydrogen-bond donors (Lipinski definition) is 2. The van der Waals surface area contributed by atoms with E-state index in [0.717, 1.165) is 5.69 Å². The molecule has 0 amide bonds. The zero-order valence-corrected chi connectivity index (χ0v) is 11.5. The van der Waals surface area contributed by atoms with Crippen LogP contribution in [0.2, 0.25) is 0 Å². The van der Waals surface area contributed by atoms with Crippen LogP contribution in [0.25, 0.3) is 0 Å². The van der Waals surface area contributed by atoms with Crippen LogP contribution in [0.5, 0.6) is 0 Å². The van der Waals surface area contributed by atoms with Gasteiger partial charge in [-0.05, 0) is 26.0 Å². The molecule has 0 bridgehead atoms. The minimum Gasteiger partial charge on any atom is -0.446 e. The number of hydrogen-bond acceptors (Lipinski definition) is 5. The minimum atomic E-state index is -3.78. The summed E-state index contributed by atoms with van der Waals surface area (Å²) in [6.07, 6.45) is 3.57. The maximum absolute atomic E-state index is 11.0. The first-order valence-corrected chi connectivity index (χ1v) is 7.30. The Balaban J connectivity index is 2.00. The summed E-state index contributed by atoms with van der Waals surface area (Å²) in [7, 11) is -3.78. The number of rotatable bonds is 5. The molecule has 0 aliphatic carbocycles. The first kappa shape index (κ1) is 13.6. The highest BCUT2D eigenvalue weighted by atomic mass is 32.2. The molecule has 0 saturated carbocycles. The van der Waals surface area contributed by atoms with Crippen molar-refractivity contribution in [2.24, 2.45) is 5.14 Å². The molecule has 3 N–H and O–H groups in total. The van der Waals surface area contributed by atoms with E-state index in [1.807, 2.05) is 24.7 Å². The maximum atomic E-state index is 11.0. The summed E-state index contributed by atoms with van der Waals surface area (Å²) in [6.45, 7) is 4.42. The lowest BCUT2D eigenvalue weighted by atomic mass is 10.4. The normalized spacial score (nSPS) is 12.0. The molecular weight excluding hydrogens is 268 g/mol. The van der Waals surface area contributed by atoms with Gasteiger partial charge in [0, 0.05) is 12.2 Å². The van der Waals surface area contributed by atoms with Crippen molar-refractivity contribution in [2.75, 3.05) is 5.32 Å². The summed E-state index contributed by atoms with van der Waals surface area (Å²) in [5.41, 5.74) is 0.835. The molecule has 2 heterocycles. The third-order valence-electron chi connectivity index (χ3n) is 2.51. The third-order valence-corrected chi connectivity index (χ3v) is 3.30. The summed E-state index contributed by atoms with van der Waals surface area (Å²) in [4.78, 5) is 0. The van der Waals surface area contributed by atoms with Gasteiger partial charge in [-0.3, -0.25) is 4.68 Å². The van der Waals surface area contributed by atoms with Crippen LogP contribution in [0.15, 0.2) is 34.0 Å². The smallest absolute Gasteiger partial charge is 0.271 e. The van der Waals surface area contributed by atoms with Crippen molar-refractivity contribution in [3.8, 4) is 0 Å². The number of nitrogens with zero attached hydrogens (tertiary/aromatic N) is 2. The van der Waals surface area contributed by atoms with Gasteiger partial charge in [0.05, 0.1) is 18.4 Å². The molecule has 2 aromatic rings. The summed E-state index contributed by atoms with van der Waals surface area (Å²) in [5.74, 6) is 0.487. The first-order valence-electron chi connectivity index (χ1n) is 5.76. The Morgan fingerprint density at radius 1 is 1.47 bits per heavy atom. The molecule has 0 aliphatic heterocycles. The van der Waals surface area contributed by atoms with Crippen LogP contribution in [0.3, 0.4) is 0 Å². The summed E-state index contributed by atoms with van der Waals surface area (Å²) in [6, 6.07) is 3.19.